The van der Waals surface area contributed by atoms with Crippen LogP contribution in [0.2, 0.25) is 0 Å². The van der Waals surface area contributed by atoms with E-state index in [0.29, 0.717) is 47.0 Å². The molecule has 8 saturated carbocycles. The van der Waals surface area contributed by atoms with Gasteiger partial charge in [0.25, 0.3) is 0 Å². The van der Waals surface area contributed by atoms with Crippen molar-refractivity contribution in [3.05, 3.63) is 24.3 Å². The summed E-state index contributed by atoms with van der Waals surface area (Å²) >= 11 is 0. The highest BCUT2D eigenvalue weighted by atomic mass is 16.5. The van der Waals surface area contributed by atoms with Crippen LogP contribution in [-0.2, 0) is 9.59 Å². The van der Waals surface area contributed by atoms with Crippen LogP contribution >= 0.6 is 0 Å². The summed E-state index contributed by atoms with van der Waals surface area (Å²) in [6.07, 6.45) is 13.8. The molecule has 0 heterocycles. The topological polar surface area (TPSA) is 52.6 Å². The van der Waals surface area contributed by atoms with E-state index in [1.54, 1.807) is 0 Å². The number of ether oxygens (including phenoxy) is 2. The van der Waals surface area contributed by atoms with Crippen LogP contribution in [0.5, 0.6) is 11.5 Å². The van der Waals surface area contributed by atoms with Gasteiger partial charge in [-0.2, -0.15) is 0 Å². The summed E-state index contributed by atoms with van der Waals surface area (Å²) in [4.78, 5) is 26.9. The maximum Gasteiger partial charge on any atom is 0.317 e. The first-order valence-electron chi connectivity index (χ1n) is 14.9. The molecule has 1 aromatic rings. The van der Waals surface area contributed by atoms with Gasteiger partial charge in [0.1, 0.15) is 11.5 Å². The summed E-state index contributed by atoms with van der Waals surface area (Å²) in [5, 5.41) is 0. The standard InChI is InChI=1S/C32H42O4/c1-3-27-21-9-19-10-22(27)16-31(13-19,15-21)29(33)35-25-5-7-26(8-6-25)36-30(34)32-14-20-11-23(17-32)28(4-2)24(12-20)18-32/h5-8,19-24,27-28H,3-4,9-18H2,1-2H3. The molecular formula is C32H42O4. The Hall–Kier alpha value is -1.84. The second-order valence-corrected chi connectivity index (χ2v) is 13.9. The third kappa shape index (κ3) is 3.52. The molecule has 0 aromatic heterocycles. The first-order valence-corrected chi connectivity index (χ1v) is 14.9. The second-order valence-electron chi connectivity index (χ2n) is 13.9. The molecule has 8 aliphatic carbocycles. The van der Waals surface area contributed by atoms with Crippen molar-refractivity contribution < 1.29 is 19.1 Å². The van der Waals surface area contributed by atoms with E-state index in [1.807, 2.05) is 24.3 Å². The Morgan fingerprint density at radius 1 is 0.639 bits per heavy atom. The van der Waals surface area contributed by atoms with Crippen LogP contribution in [0, 0.1) is 58.2 Å². The fraction of sp³-hybridized carbons (Fsp3) is 0.750. The highest BCUT2D eigenvalue weighted by Gasteiger charge is 2.60. The van der Waals surface area contributed by atoms with Gasteiger partial charge >= 0.3 is 11.9 Å². The molecule has 194 valence electrons. The SMILES string of the molecule is CCC1C2CC3CC1CC(C(=O)Oc1ccc(OC(=O)C45CC6CC(C4)C(CC)C(C6)C5)cc1)(C3)C2. The lowest BCUT2D eigenvalue weighted by atomic mass is 9.46. The van der Waals surface area contributed by atoms with Gasteiger partial charge < -0.3 is 9.47 Å². The quantitative estimate of drug-likeness (QED) is 0.312. The molecular weight excluding hydrogens is 448 g/mol. The van der Waals surface area contributed by atoms with Gasteiger partial charge in [-0.1, -0.05) is 26.7 Å². The first kappa shape index (κ1) is 23.3. The van der Waals surface area contributed by atoms with Gasteiger partial charge in [-0.25, -0.2) is 0 Å². The average Bonchev–Trinajstić information content (AvgIpc) is 2.84. The lowest BCUT2D eigenvalue weighted by Gasteiger charge is -2.58. The minimum Gasteiger partial charge on any atom is -0.426 e. The van der Waals surface area contributed by atoms with Gasteiger partial charge in [0.15, 0.2) is 0 Å². The number of carbonyl (C=O) groups excluding carboxylic acids is 2. The van der Waals surface area contributed by atoms with Crippen LogP contribution in [0.25, 0.3) is 0 Å². The molecule has 8 bridgehead atoms. The zero-order valence-electron chi connectivity index (χ0n) is 22.0. The number of esters is 2. The highest BCUT2D eigenvalue weighted by molar-refractivity contribution is 5.81. The van der Waals surface area contributed by atoms with E-state index in [1.165, 1.54) is 38.5 Å². The molecule has 9 rings (SSSR count). The van der Waals surface area contributed by atoms with E-state index < -0.39 is 0 Å². The van der Waals surface area contributed by atoms with Gasteiger partial charge in [0, 0.05) is 0 Å². The second kappa shape index (κ2) is 8.33. The predicted molar refractivity (Wildman–Crippen MR) is 137 cm³/mol. The minimum absolute atomic E-state index is 0.0276. The molecule has 4 atom stereocenters. The number of benzene rings is 1. The number of rotatable bonds is 6. The maximum atomic E-state index is 13.4. The summed E-state index contributed by atoms with van der Waals surface area (Å²) < 4.78 is 11.9. The molecule has 8 aliphatic rings. The van der Waals surface area contributed by atoms with Crippen molar-refractivity contribution in [1.29, 1.82) is 0 Å². The summed E-state index contributed by atoms with van der Waals surface area (Å²) in [6.45, 7) is 4.63. The van der Waals surface area contributed by atoms with Crippen LogP contribution in [0.1, 0.15) is 90.9 Å². The molecule has 0 saturated heterocycles. The molecule has 0 aliphatic heterocycles. The molecule has 8 fully saturated rings. The third-order valence-electron chi connectivity index (χ3n) is 12.0. The Morgan fingerprint density at radius 3 is 1.28 bits per heavy atom. The van der Waals surface area contributed by atoms with E-state index in [0.717, 1.165) is 50.4 Å². The van der Waals surface area contributed by atoms with Crippen LogP contribution < -0.4 is 9.47 Å². The monoisotopic (exact) mass is 490 g/mol. The largest absolute Gasteiger partial charge is 0.426 e. The lowest BCUT2D eigenvalue weighted by Crippen LogP contribution is -2.55. The molecule has 4 nitrogen and oxygen atoms in total. The van der Waals surface area contributed by atoms with Gasteiger partial charge in [-0.3, -0.25) is 9.59 Å². The Labute approximate surface area is 215 Å². The summed E-state index contributed by atoms with van der Waals surface area (Å²) in [5.41, 5.74) is -0.551. The Balaban J connectivity index is 1.01. The minimum atomic E-state index is -0.276. The van der Waals surface area contributed by atoms with Crippen LogP contribution in [0.3, 0.4) is 0 Å². The molecule has 0 spiro atoms. The third-order valence-corrected chi connectivity index (χ3v) is 12.0. The number of hydrogen-bond acceptors (Lipinski definition) is 4. The van der Waals surface area contributed by atoms with Crippen molar-refractivity contribution in [3.8, 4) is 11.5 Å². The Morgan fingerprint density at radius 2 is 0.972 bits per heavy atom. The summed E-state index contributed by atoms with van der Waals surface area (Å²) in [5.74, 6) is 6.91. The molecule has 36 heavy (non-hydrogen) atoms. The number of carbonyl (C=O) groups is 2. The lowest BCUT2D eigenvalue weighted by molar-refractivity contribution is -0.168. The van der Waals surface area contributed by atoms with Crippen LogP contribution in [-0.4, -0.2) is 11.9 Å². The van der Waals surface area contributed by atoms with Crippen molar-refractivity contribution in [2.24, 2.45) is 58.2 Å². The Bertz CT molecular complexity index is 928. The molecule has 4 heteroatoms. The highest BCUT2D eigenvalue weighted by Crippen LogP contribution is 2.64. The van der Waals surface area contributed by atoms with Crippen LogP contribution in [0.15, 0.2) is 24.3 Å². The summed E-state index contributed by atoms with van der Waals surface area (Å²) in [7, 11) is 0. The molecule has 4 unspecified atom stereocenters. The summed E-state index contributed by atoms with van der Waals surface area (Å²) in [6, 6.07) is 7.23. The molecule has 1 aromatic carbocycles. The van der Waals surface area contributed by atoms with Gasteiger partial charge in [-0.15, -0.1) is 0 Å². The van der Waals surface area contributed by atoms with Gasteiger partial charge in [0.2, 0.25) is 0 Å². The fourth-order valence-corrected chi connectivity index (χ4v) is 11.1. The van der Waals surface area contributed by atoms with Gasteiger partial charge in [0.05, 0.1) is 10.8 Å². The van der Waals surface area contributed by atoms with E-state index in [-0.39, 0.29) is 22.8 Å². The molecule has 0 N–H and O–H groups in total. The smallest absolute Gasteiger partial charge is 0.317 e. The first-order chi connectivity index (χ1) is 17.4. The number of hydrogen-bond donors (Lipinski definition) is 0. The van der Waals surface area contributed by atoms with E-state index in [2.05, 4.69) is 13.8 Å². The Kier molecular flexibility index (Phi) is 5.39. The van der Waals surface area contributed by atoms with E-state index >= 15 is 0 Å². The van der Waals surface area contributed by atoms with E-state index in [4.69, 9.17) is 9.47 Å². The predicted octanol–water partition coefficient (Wildman–Crippen LogP) is 7.20. The van der Waals surface area contributed by atoms with Gasteiger partial charge in [-0.05, 0) is 136 Å². The van der Waals surface area contributed by atoms with Crippen molar-refractivity contribution in [2.75, 3.05) is 0 Å². The average molecular weight is 491 g/mol. The zero-order valence-corrected chi connectivity index (χ0v) is 22.0. The zero-order chi connectivity index (χ0) is 24.7. The van der Waals surface area contributed by atoms with Crippen molar-refractivity contribution in [2.45, 2.75) is 90.9 Å². The maximum absolute atomic E-state index is 13.4. The van der Waals surface area contributed by atoms with Crippen molar-refractivity contribution in [1.82, 2.24) is 0 Å². The normalized spacial score (nSPS) is 45.6. The van der Waals surface area contributed by atoms with Crippen LogP contribution in [0.4, 0.5) is 0 Å². The molecule has 0 radical (unpaired) electrons. The van der Waals surface area contributed by atoms with Crippen molar-refractivity contribution in [3.63, 3.8) is 0 Å². The van der Waals surface area contributed by atoms with E-state index in [9.17, 15) is 9.59 Å². The van der Waals surface area contributed by atoms with Crippen molar-refractivity contribution >= 4 is 11.9 Å². The molecule has 0 amide bonds. The fourth-order valence-electron chi connectivity index (χ4n) is 11.1.